The molecule has 0 aromatic heterocycles. The molecule has 2 aromatic carbocycles. The van der Waals surface area contributed by atoms with Gasteiger partial charge in [0.25, 0.3) is 11.8 Å². The first-order chi connectivity index (χ1) is 12.5. The quantitative estimate of drug-likeness (QED) is 0.485. The second kappa shape index (κ2) is 10.1. The summed E-state index contributed by atoms with van der Waals surface area (Å²) in [6, 6.07) is 14.1. The largest absolute Gasteiger partial charge is 0.351 e. The maximum absolute atomic E-state index is 12.6. The fourth-order valence-corrected chi connectivity index (χ4v) is 2.78. The molecule has 0 saturated carbocycles. The van der Waals surface area contributed by atoms with E-state index in [-0.39, 0.29) is 17.5 Å². The van der Waals surface area contributed by atoms with Gasteiger partial charge < -0.3 is 10.6 Å². The van der Waals surface area contributed by atoms with Gasteiger partial charge in [-0.1, -0.05) is 49.2 Å². The Labute approximate surface area is 166 Å². The van der Waals surface area contributed by atoms with Crippen molar-refractivity contribution in [1.29, 1.82) is 0 Å². The third-order valence-corrected chi connectivity index (χ3v) is 4.55. The molecule has 0 fully saturated rings. The van der Waals surface area contributed by atoms with Gasteiger partial charge in [0.15, 0.2) is 0 Å². The number of carbonyl (C=O) groups is 2. The van der Waals surface area contributed by atoms with Crippen LogP contribution in [0.2, 0.25) is 5.02 Å². The smallest absolute Gasteiger partial charge is 0.267 e. The van der Waals surface area contributed by atoms with Crippen molar-refractivity contribution in [2.75, 3.05) is 6.54 Å². The molecule has 0 spiro atoms. The lowest BCUT2D eigenvalue weighted by Crippen LogP contribution is -2.35. The van der Waals surface area contributed by atoms with Gasteiger partial charge in [0.1, 0.15) is 5.70 Å². The summed E-state index contributed by atoms with van der Waals surface area (Å²) in [5.74, 6) is -0.683. The van der Waals surface area contributed by atoms with Crippen molar-refractivity contribution in [3.05, 3.63) is 74.9 Å². The molecule has 0 unspecified atom stereocenters. The normalized spacial score (nSPS) is 11.1. The first-order valence-electron chi connectivity index (χ1n) is 8.32. The van der Waals surface area contributed by atoms with Crippen LogP contribution in [0.1, 0.15) is 35.7 Å². The van der Waals surface area contributed by atoms with Crippen LogP contribution in [0.25, 0.3) is 6.08 Å². The summed E-state index contributed by atoms with van der Waals surface area (Å²) in [5, 5.41) is 6.14. The van der Waals surface area contributed by atoms with Crippen LogP contribution in [-0.2, 0) is 4.79 Å². The van der Waals surface area contributed by atoms with Crippen molar-refractivity contribution in [3.8, 4) is 0 Å². The van der Waals surface area contributed by atoms with Crippen LogP contribution in [0, 0.1) is 0 Å². The monoisotopic (exact) mass is 434 g/mol. The van der Waals surface area contributed by atoms with Gasteiger partial charge in [-0.15, -0.1) is 0 Å². The van der Waals surface area contributed by atoms with Crippen molar-refractivity contribution in [1.82, 2.24) is 10.6 Å². The highest BCUT2D eigenvalue weighted by atomic mass is 79.9. The van der Waals surface area contributed by atoms with Gasteiger partial charge >= 0.3 is 0 Å². The molecule has 0 aliphatic rings. The lowest BCUT2D eigenvalue weighted by molar-refractivity contribution is -0.117. The number of nitrogens with one attached hydrogen (secondary N) is 2. The average Bonchev–Trinajstić information content (AvgIpc) is 2.63. The van der Waals surface area contributed by atoms with Crippen molar-refractivity contribution in [3.63, 3.8) is 0 Å². The first-order valence-corrected chi connectivity index (χ1v) is 9.49. The lowest BCUT2D eigenvalue weighted by atomic mass is 10.1. The molecule has 0 aliphatic heterocycles. The fraction of sp³-hybridized carbons (Fsp3) is 0.200. The molecule has 0 heterocycles. The number of unbranched alkanes of at least 4 members (excludes halogenated alkanes) is 1. The molecule has 0 bridgehead atoms. The second-order valence-corrected chi connectivity index (χ2v) is 6.94. The Morgan fingerprint density at radius 3 is 2.46 bits per heavy atom. The van der Waals surface area contributed by atoms with E-state index in [2.05, 4.69) is 26.6 Å². The summed E-state index contributed by atoms with van der Waals surface area (Å²) >= 11 is 9.26. The zero-order chi connectivity index (χ0) is 18.9. The van der Waals surface area contributed by atoms with Crippen LogP contribution in [0.4, 0.5) is 0 Å². The molecule has 2 amide bonds. The maximum Gasteiger partial charge on any atom is 0.267 e. The van der Waals surface area contributed by atoms with E-state index in [1.165, 1.54) is 0 Å². The summed E-state index contributed by atoms with van der Waals surface area (Å²) in [4.78, 5) is 25.1. The Balaban J connectivity index is 2.25. The fourth-order valence-electron chi connectivity index (χ4n) is 2.19. The Kier molecular flexibility index (Phi) is 7.88. The standard InChI is InChI=1S/C20H20BrClN2O2/c1-2-3-12-23-20(26)18(13-14-8-10-15(22)11-9-14)24-19(25)16-6-4-5-7-17(16)21/h4-11,13H,2-3,12H2,1H3,(H,23,26)(H,24,25). The topological polar surface area (TPSA) is 58.2 Å². The minimum atomic E-state index is -0.358. The van der Waals surface area contributed by atoms with E-state index in [9.17, 15) is 9.59 Å². The Morgan fingerprint density at radius 1 is 1.12 bits per heavy atom. The summed E-state index contributed by atoms with van der Waals surface area (Å²) in [5.41, 5.74) is 1.41. The van der Waals surface area contributed by atoms with E-state index in [0.717, 1.165) is 18.4 Å². The number of carbonyl (C=O) groups excluding carboxylic acids is 2. The summed E-state index contributed by atoms with van der Waals surface area (Å²) in [6.07, 6.45) is 3.48. The van der Waals surface area contributed by atoms with Gasteiger partial charge in [-0.05, 0) is 58.3 Å². The van der Waals surface area contributed by atoms with Crippen LogP contribution >= 0.6 is 27.5 Å². The lowest BCUT2D eigenvalue weighted by Gasteiger charge is -2.12. The number of rotatable bonds is 7. The van der Waals surface area contributed by atoms with Crippen LogP contribution in [0.5, 0.6) is 0 Å². The zero-order valence-electron chi connectivity index (χ0n) is 14.4. The third kappa shape index (κ3) is 6.00. The van der Waals surface area contributed by atoms with E-state index in [4.69, 9.17) is 11.6 Å². The van der Waals surface area contributed by atoms with Crippen LogP contribution < -0.4 is 10.6 Å². The summed E-state index contributed by atoms with van der Waals surface area (Å²) in [6.45, 7) is 2.60. The summed E-state index contributed by atoms with van der Waals surface area (Å²) < 4.78 is 0.662. The average molecular weight is 436 g/mol. The summed E-state index contributed by atoms with van der Waals surface area (Å²) in [7, 11) is 0. The maximum atomic E-state index is 12.6. The molecule has 0 atom stereocenters. The highest BCUT2D eigenvalue weighted by Gasteiger charge is 2.16. The molecule has 0 aliphatic carbocycles. The van der Waals surface area contributed by atoms with Gasteiger partial charge in [-0.25, -0.2) is 0 Å². The van der Waals surface area contributed by atoms with Gasteiger partial charge in [-0.2, -0.15) is 0 Å². The molecular weight excluding hydrogens is 416 g/mol. The van der Waals surface area contributed by atoms with Crippen molar-refractivity contribution < 1.29 is 9.59 Å². The molecule has 2 rings (SSSR count). The predicted octanol–water partition coefficient (Wildman–Crippen LogP) is 4.79. The van der Waals surface area contributed by atoms with Gasteiger partial charge in [-0.3, -0.25) is 9.59 Å². The number of hydrogen-bond donors (Lipinski definition) is 2. The van der Waals surface area contributed by atoms with Crippen molar-refractivity contribution in [2.24, 2.45) is 0 Å². The number of hydrogen-bond acceptors (Lipinski definition) is 2. The molecule has 136 valence electrons. The first kappa shape index (κ1) is 20.2. The van der Waals surface area contributed by atoms with Gasteiger partial charge in [0, 0.05) is 16.0 Å². The predicted molar refractivity (Wildman–Crippen MR) is 109 cm³/mol. The van der Waals surface area contributed by atoms with Crippen molar-refractivity contribution in [2.45, 2.75) is 19.8 Å². The number of amides is 2. The van der Waals surface area contributed by atoms with E-state index in [0.29, 0.717) is 21.6 Å². The Bertz CT molecular complexity index is 804. The van der Waals surface area contributed by atoms with E-state index in [1.54, 1.807) is 48.5 Å². The van der Waals surface area contributed by atoms with Gasteiger partial charge in [0.05, 0.1) is 5.56 Å². The van der Waals surface area contributed by atoms with Crippen LogP contribution in [0.15, 0.2) is 58.7 Å². The molecule has 2 N–H and O–H groups in total. The minimum Gasteiger partial charge on any atom is -0.351 e. The molecular formula is C20H20BrClN2O2. The molecule has 0 radical (unpaired) electrons. The molecule has 2 aromatic rings. The Hall–Kier alpha value is -2.11. The van der Waals surface area contributed by atoms with E-state index >= 15 is 0 Å². The molecule has 6 heteroatoms. The third-order valence-electron chi connectivity index (χ3n) is 3.61. The van der Waals surface area contributed by atoms with Crippen LogP contribution in [-0.4, -0.2) is 18.4 Å². The van der Waals surface area contributed by atoms with E-state index < -0.39 is 0 Å². The van der Waals surface area contributed by atoms with Crippen molar-refractivity contribution >= 4 is 45.4 Å². The SMILES string of the molecule is CCCCNC(=O)C(=Cc1ccc(Cl)cc1)NC(=O)c1ccccc1Br. The highest BCUT2D eigenvalue weighted by molar-refractivity contribution is 9.10. The van der Waals surface area contributed by atoms with Gasteiger partial charge in [0.2, 0.25) is 0 Å². The van der Waals surface area contributed by atoms with E-state index in [1.807, 2.05) is 13.0 Å². The Morgan fingerprint density at radius 2 is 1.81 bits per heavy atom. The van der Waals surface area contributed by atoms with Crippen LogP contribution in [0.3, 0.4) is 0 Å². The molecule has 26 heavy (non-hydrogen) atoms. The molecule has 0 saturated heterocycles. The molecule has 4 nitrogen and oxygen atoms in total. The number of benzene rings is 2. The zero-order valence-corrected chi connectivity index (χ0v) is 16.7. The minimum absolute atomic E-state index is 0.184. The second-order valence-electron chi connectivity index (χ2n) is 5.65. The number of halogens is 2. The highest BCUT2D eigenvalue weighted by Crippen LogP contribution is 2.17.